The van der Waals surface area contributed by atoms with Crippen LogP contribution in [0.1, 0.15) is 5.56 Å². The number of nitrogens with two attached hydrogens (primary N) is 1. The van der Waals surface area contributed by atoms with Gasteiger partial charge in [0.25, 0.3) is 0 Å². The van der Waals surface area contributed by atoms with E-state index in [0.717, 1.165) is 6.92 Å². The molecule has 2 N–H and O–H groups in total. The van der Waals surface area contributed by atoms with E-state index in [1.54, 1.807) is 0 Å². The maximum absolute atomic E-state index is 13.7. The molecule has 0 aromatic heterocycles. The first-order chi connectivity index (χ1) is 9.68. The van der Waals surface area contributed by atoms with E-state index in [2.05, 4.69) is 0 Å². The van der Waals surface area contributed by atoms with E-state index < -0.39 is 63.1 Å². The zero-order valence-corrected chi connectivity index (χ0v) is 10.3. The largest absolute Gasteiger partial charge is 0.394 e. The maximum atomic E-state index is 13.7. The van der Waals surface area contributed by atoms with Gasteiger partial charge in [-0.05, 0) is 18.6 Å². The molecule has 0 heterocycles. The van der Waals surface area contributed by atoms with E-state index in [1.807, 2.05) is 0 Å². The van der Waals surface area contributed by atoms with Crippen molar-refractivity contribution in [2.45, 2.75) is 6.92 Å². The van der Waals surface area contributed by atoms with Gasteiger partial charge >= 0.3 is 0 Å². The summed E-state index contributed by atoms with van der Waals surface area (Å²) in [6.07, 6.45) is 0. The lowest BCUT2D eigenvalue weighted by Gasteiger charge is -2.12. The molecule has 21 heavy (non-hydrogen) atoms. The van der Waals surface area contributed by atoms with Gasteiger partial charge in [-0.2, -0.15) is 0 Å². The molecule has 2 aromatic carbocycles. The Morgan fingerprint density at radius 1 is 0.667 bits per heavy atom. The number of rotatable bonds is 1. The van der Waals surface area contributed by atoms with Crippen molar-refractivity contribution in [1.29, 1.82) is 0 Å². The van der Waals surface area contributed by atoms with Crippen molar-refractivity contribution in [3.63, 3.8) is 0 Å². The molecular formula is C13H6F7N. The predicted octanol–water partition coefficient (Wildman–Crippen LogP) is 4.22. The lowest BCUT2D eigenvalue weighted by Crippen LogP contribution is -2.08. The zero-order chi connectivity index (χ0) is 16.1. The van der Waals surface area contributed by atoms with Gasteiger partial charge in [-0.3, -0.25) is 0 Å². The quantitative estimate of drug-likeness (QED) is 0.476. The molecule has 0 bridgehead atoms. The van der Waals surface area contributed by atoms with Crippen LogP contribution in [0.5, 0.6) is 0 Å². The Morgan fingerprint density at radius 2 is 1.10 bits per heavy atom. The van der Waals surface area contributed by atoms with Crippen molar-refractivity contribution in [3.8, 4) is 11.1 Å². The van der Waals surface area contributed by atoms with E-state index in [9.17, 15) is 30.7 Å². The molecule has 0 aliphatic rings. The van der Waals surface area contributed by atoms with Crippen LogP contribution in [0, 0.1) is 47.6 Å². The molecule has 0 saturated heterocycles. The third kappa shape index (κ3) is 2.10. The highest BCUT2D eigenvalue weighted by molar-refractivity contribution is 5.69. The molecular weight excluding hydrogens is 303 g/mol. The van der Waals surface area contributed by atoms with Gasteiger partial charge in [0.2, 0.25) is 0 Å². The van der Waals surface area contributed by atoms with Crippen molar-refractivity contribution in [2.24, 2.45) is 0 Å². The van der Waals surface area contributed by atoms with E-state index in [1.165, 1.54) is 0 Å². The first-order valence-electron chi connectivity index (χ1n) is 5.44. The monoisotopic (exact) mass is 309 g/mol. The summed E-state index contributed by atoms with van der Waals surface area (Å²) < 4.78 is 94.8. The molecule has 112 valence electrons. The van der Waals surface area contributed by atoms with Gasteiger partial charge in [-0.25, -0.2) is 30.7 Å². The smallest absolute Gasteiger partial charge is 0.185 e. The van der Waals surface area contributed by atoms with Crippen LogP contribution in [-0.2, 0) is 0 Å². The minimum Gasteiger partial charge on any atom is -0.394 e. The van der Waals surface area contributed by atoms with Crippen molar-refractivity contribution in [3.05, 3.63) is 52.4 Å². The number of halogens is 7. The van der Waals surface area contributed by atoms with Gasteiger partial charge in [0, 0.05) is 0 Å². The number of aryl methyl sites for hydroxylation is 1. The molecule has 1 nitrogen and oxygen atoms in total. The van der Waals surface area contributed by atoms with E-state index in [-0.39, 0.29) is 0 Å². The Hall–Kier alpha value is -2.25. The number of hydrogen-bond donors (Lipinski definition) is 1. The van der Waals surface area contributed by atoms with Crippen LogP contribution < -0.4 is 5.73 Å². The number of nitrogen functional groups attached to an aromatic ring is 1. The molecule has 0 aliphatic heterocycles. The van der Waals surface area contributed by atoms with Gasteiger partial charge in [-0.15, -0.1) is 0 Å². The highest BCUT2D eigenvalue weighted by atomic mass is 19.2. The van der Waals surface area contributed by atoms with Crippen LogP contribution in [0.3, 0.4) is 0 Å². The Bertz CT molecular complexity index is 726. The average Bonchev–Trinajstić information content (AvgIpc) is 2.44. The molecule has 8 heteroatoms. The molecule has 2 rings (SSSR count). The van der Waals surface area contributed by atoms with Crippen molar-refractivity contribution in [2.75, 3.05) is 5.73 Å². The summed E-state index contributed by atoms with van der Waals surface area (Å²) >= 11 is 0. The first-order valence-corrected chi connectivity index (χ1v) is 5.44. The van der Waals surface area contributed by atoms with Crippen LogP contribution in [0.25, 0.3) is 11.1 Å². The Balaban J connectivity index is 2.96. The second-order valence-corrected chi connectivity index (χ2v) is 4.22. The molecule has 0 radical (unpaired) electrons. The Labute approximate surface area is 113 Å². The third-order valence-electron chi connectivity index (χ3n) is 2.89. The fourth-order valence-corrected chi connectivity index (χ4v) is 1.81. The van der Waals surface area contributed by atoms with Crippen LogP contribution in [0.4, 0.5) is 36.4 Å². The summed E-state index contributed by atoms with van der Waals surface area (Å²) in [5.41, 5.74) is -0.447. The van der Waals surface area contributed by atoms with E-state index in [4.69, 9.17) is 5.73 Å². The Morgan fingerprint density at radius 3 is 1.57 bits per heavy atom. The normalized spacial score (nSPS) is 11.0. The second kappa shape index (κ2) is 4.94. The molecule has 0 saturated carbocycles. The maximum Gasteiger partial charge on any atom is 0.185 e. The van der Waals surface area contributed by atoms with Crippen molar-refractivity contribution >= 4 is 5.69 Å². The topological polar surface area (TPSA) is 26.0 Å². The highest BCUT2D eigenvalue weighted by Gasteiger charge is 2.30. The molecule has 0 atom stereocenters. The summed E-state index contributed by atoms with van der Waals surface area (Å²) in [5.74, 6) is -13.4. The summed E-state index contributed by atoms with van der Waals surface area (Å²) in [5, 5.41) is 0. The predicted molar refractivity (Wildman–Crippen MR) is 60.7 cm³/mol. The van der Waals surface area contributed by atoms with Crippen LogP contribution in [-0.4, -0.2) is 0 Å². The van der Waals surface area contributed by atoms with Gasteiger partial charge < -0.3 is 5.73 Å². The zero-order valence-electron chi connectivity index (χ0n) is 10.3. The molecule has 0 amide bonds. The van der Waals surface area contributed by atoms with Gasteiger partial charge in [-0.1, -0.05) is 0 Å². The standard InChI is InChI=1S/C13H6F7N/c1-3-2-4(14)5(8(16)7(3)15)6-9(17)11(19)13(21)12(20)10(6)18/h2H,21H2,1H3. The second-order valence-electron chi connectivity index (χ2n) is 4.22. The van der Waals surface area contributed by atoms with Gasteiger partial charge in [0.05, 0.1) is 11.1 Å². The molecule has 0 unspecified atom stereocenters. The number of anilines is 1. The summed E-state index contributed by atoms with van der Waals surface area (Å²) in [7, 11) is 0. The van der Waals surface area contributed by atoms with Gasteiger partial charge in [0.1, 0.15) is 11.5 Å². The summed E-state index contributed by atoms with van der Waals surface area (Å²) in [4.78, 5) is 0. The van der Waals surface area contributed by atoms with Crippen LogP contribution >= 0.6 is 0 Å². The Kier molecular flexibility index (Phi) is 3.56. The van der Waals surface area contributed by atoms with Crippen LogP contribution in [0.2, 0.25) is 0 Å². The number of benzene rings is 2. The first kappa shape index (κ1) is 15.1. The lowest BCUT2D eigenvalue weighted by atomic mass is 9.99. The lowest BCUT2D eigenvalue weighted by molar-refractivity contribution is 0.457. The fourth-order valence-electron chi connectivity index (χ4n) is 1.81. The van der Waals surface area contributed by atoms with E-state index >= 15 is 0 Å². The molecule has 2 aromatic rings. The van der Waals surface area contributed by atoms with Gasteiger partial charge in [0.15, 0.2) is 34.9 Å². The average molecular weight is 309 g/mol. The molecule has 0 fully saturated rings. The van der Waals surface area contributed by atoms with Crippen molar-refractivity contribution in [1.82, 2.24) is 0 Å². The third-order valence-corrected chi connectivity index (χ3v) is 2.89. The van der Waals surface area contributed by atoms with Crippen molar-refractivity contribution < 1.29 is 30.7 Å². The minimum atomic E-state index is -2.12. The summed E-state index contributed by atoms with van der Waals surface area (Å²) in [6, 6.07) is 0.443. The van der Waals surface area contributed by atoms with Crippen LogP contribution in [0.15, 0.2) is 6.07 Å². The number of hydrogen-bond acceptors (Lipinski definition) is 1. The fraction of sp³-hybridized carbons (Fsp3) is 0.0769. The SMILES string of the molecule is Cc1cc(F)c(-c2c(F)c(F)c(N)c(F)c2F)c(F)c1F. The molecule has 0 spiro atoms. The highest BCUT2D eigenvalue weighted by Crippen LogP contribution is 2.37. The minimum absolute atomic E-state index is 0.443. The van der Waals surface area contributed by atoms with E-state index in [0.29, 0.717) is 6.07 Å². The summed E-state index contributed by atoms with van der Waals surface area (Å²) in [6.45, 7) is 1.00. The molecule has 0 aliphatic carbocycles.